The number of nitrogens with one attached hydrogen (secondary N) is 2. The van der Waals surface area contributed by atoms with Crippen LogP contribution in [0, 0.1) is 5.41 Å². The molecule has 2 N–H and O–H groups in total. The van der Waals surface area contributed by atoms with Gasteiger partial charge in [-0.2, -0.15) is 0 Å². The Balaban J connectivity index is 1.62. The Kier molecular flexibility index (Phi) is 6.43. The van der Waals surface area contributed by atoms with Crippen LogP contribution in [-0.4, -0.2) is 18.2 Å². The molecule has 1 aliphatic heterocycles. The molecule has 1 unspecified atom stereocenters. The maximum Gasteiger partial charge on any atom is 0.239 e. The average molecular weight is 506 g/mol. The molecule has 1 aliphatic carbocycles. The van der Waals surface area contributed by atoms with Crippen molar-refractivity contribution in [3.05, 3.63) is 92.8 Å². The van der Waals surface area contributed by atoms with Crippen LogP contribution in [0.5, 0.6) is 0 Å². The lowest BCUT2D eigenvalue weighted by Crippen LogP contribution is -2.42. The molecule has 2 aliphatic rings. The van der Waals surface area contributed by atoms with E-state index in [9.17, 15) is 9.59 Å². The Morgan fingerprint density at radius 2 is 1.89 bits per heavy atom. The smallest absolute Gasteiger partial charge is 0.239 e. The fourth-order valence-electron chi connectivity index (χ4n) is 5.06. The molecule has 2 heterocycles. The fraction of sp³-hybridized carbons (Fsp3) is 0.286. The van der Waals surface area contributed by atoms with Crippen molar-refractivity contribution in [2.45, 2.75) is 39.3 Å². The Morgan fingerprint density at radius 3 is 2.66 bits per heavy atom. The third-order valence-electron chi connectivity index (χ3n) is 6.56. The van der Waals surface area contributed by atoms with Crippen molar-refractivity contribution in [2.75, 3.05) is 16.8 Å². The summed E-state index contributed by atoms with van der Waals surface area (Å²) < 4.78 is 0. The Bertz CT molecular complexity index is 1300. The van der Waals surface area contributed by atoms with Crippen molar-refractivity contribution in [1.29, 1.82) is 0 Å². The van der Waals surface area contributed by atoms with Gasteiger partial charge >= 0.3 is 0 Å². The summed E-state index contributed by atoms with van der Waals surface area (Å²) in [5.41, 5.74) is 4.01. The van der Waals surface area contributed by atoms with Crippen molar-refractivity contribution >= 4 is 46.0 Å². The number of benzene rings is 2. The molecule has 1 aromatic heterocycles. The van der Waals surface area contributed by atoms with Crippen LogP contribution in [0.4, 0.5) is 11.4 Å². The van der Waals surface area contributed by atoms with E-state index in [1.807, 2.05) is 70.9 Å². The van der Waals surface area contributed by atoms with Crippen molar-refractivity contribution in [3.63, 3.8) is 0 Å². The van der Waals surface area contributed by atoms with Crippen molar-refractivity contribution in [1.82, 2.24) is 5.32 Å². The maximum absolute atomic E-state index is 13.7. The summed E-state index contributed by atoms with van der Waals surface area (Å²) in [6.45, 7) is 4.80. The van der Waals surface area contributed by atoms with Crippen LogP contribution in [0.15, 0.2) is 77.3 Å². The number of Topliss-reactive ketones (excluding diaryl/α,β-unsaturated/α-hetero) is 1. The molecule has 0 bridgehead atoms. The molecule has 0 saturated carbocycles. The Morgan fingerprint density at radius 1 is 1.11 bits per heavy atom. The third-order valence-corrected chi connectivity index (χ3v) is 7.78. The zero-order valence-corrected chi connectivity index (χ0v) is 21.4. The zero-order valence-electron chi connectivity index (χ0n) is 19.8. The van der Waals surface area contributed by atoms with Gasteiger partial charge in [-0.1, -0.05) is 61.8 Å². The van der Waals surface area contributed by atoms with Gasteiger partial charge in [0.2, 0.25) is 5.91 Å². The van der Waals surface area contributed by atoms with Crippen LogP contribution >= 0.6 is 22.9 Å². The van der Waals surface area contributed by atoms with Crippen molar-refractivity contribution in [3.8, 4) is 0 Å². The quantitative estimate of drug-likeness (QED) is 0.425. The SMILES string of the molecule is CC1(C)CC(=O)C2=C(C1)Nc1ccccc1N(CC(=O)NCc1cccs1)C2c1ccccc1Cl. The molecule has 1 amide bonds. The number of hydrogen-bond donors (Lipinski definition) is 2. The molecule has 7 heteroatoms. The molecule has 2 aromatic carbocycles. The molecule has 180 valence electrons. The van der Waals surface area contributed by atoms with E-state index >= 15 is 0 Å². The van der Waals surface area contributed by atoms with Gasteiger partial charge < -0.3 is 15.5 Å². The minimum atomic E-state index is -0.481. The normalized spacial score (nSPS) is 18.9. The molecule has 3 aromatic rings. The zero-order chi connectivity index (χ0) is 24.6. The lowest BCUT2D eigenvalue weighted by atomic mass is 9.73. The van der Waals surface area contributed by atoms with Crippen molar-refractivity contribution < 1.29 is 9.59 Å². The summed E-state index contributed by atoms with van der Waals surface area (Å²) in [4.78, 5) is 30.0. The number of rotatable bonds is 5. The van der Waals surface area contributed by atoms with Crippen LogP contribution in [0.1, 0.15) is 43.2 Å². The highest BCUT2D eigenvalue weighted by molar-refractivity contribution is 7.09. The topological polar surface area (TPSA) is 61.4 Å². The van der Waals surface area contributed by atoms with E-state index in [0.29, 0.717) is 23.6 Å². The Labute approximate surface area is 214 Å². The first-order chi connectivity index (χ1) is 16.8. The molecule has 1 atom stereocenters. The molecular weight excluding hydrogens is 478 g/mol. The predicted octanol–water partition coefficient (Wildman–Crippen LogP) is 6.33. The maximum atomic E-state index is 13.7. The molecule has 0 fully saturated rings. The highest BCUT2D eigenvalue weighted by Gasteiger charge is 2.42. The second-order valence-corrected chi connectivity index (χ2v) is 11.3. The van der Waals surface area contributed by atoms with E-state index in [1.165, 1.54) is 0 Å². The number of ketones is 1. The number of nitrogens with zero attached hydrogens (tertiary/aromatic N) is 1. The molecule has 5 rings (SSSR count). The number of thiophene rings is 1. The second-order valence-electron chi connectivity index (χ2n) is 9.88. The lowest BCUT2D eigenvalue weighted by Gasteiger charge is -2.38. The average Bonchev–Trinajstić information content (AvgIpc) is 3.29. The first-order valence-corrected chi connectivity index (χ1v) is 13.0. The predicted molar refractivity (Wildman–Crippen MR) is 143 cm³/mol. The second kappa shape index (κ2) is 9.51. The fourth-order valence-corrected chi connectivity index (χ4v) is 5.94. The van der Waals surface area contributed by atoms with E-state index < -0.39 is 6.04 Å². The highest BCUT2D eigenvalue weighted by atomic mass is 35.5. The van der Waals surface area contributed by atoms with Crippen LogP contribution < -0.4 is 15.5 Å². The number of halogens is 1. The number of carbonyl (C=O) groups is 2. The number of para-hydroxylation sites is 2. The number of fused-ring (bicyclic) bond motifs is 1. The number of amides is 1. The molecule has 0 radical (unpaired) electrons. The largest absolute Gasteiger partial charge is 0.357 e. The minimum Gasteiger partial charge on any atom is -0.357 e. The van der Waals surface area contributed by atoms with Crippen LogP contribution in [0.2, 0.25) is 5.02 Å². The standard InChI is InChI=1S/C28H28ClN3O2S/c1-28(2)14-22-26(24(33)15-28)27(19-9-3-4-10-20(19)29)32(23-12-6-5-11-21(23)31-22)17-25(34)30-16-18-8-7-13-35-18/h3-13,27,31H,14-17H2,1-2H3,(H,30,34). The molecule has 35 heavy (non-hydrogen) atoms. The molecule has 0 saturated heterocycles. The summed E-state index contributed by atoms with van der Waals surface area (Å²) in [7, 11) is 0. The summed E-state index contributed by atoms with van der Waals surface area (Å²) in [6, 6.07) is 19.0. The van der Waals surface area contributed by atoms with Gasteiger partial charge in [0.05, 0.1) is 30.5 Å². The van der Waals surface area contributed by atoms with Gasteiger partial charge in [-0.25, -0.2) is 0 Å². The number of carbonyl (C=O) groups excluding carboxylic acids is 2. The van der Waals surface area contributed by atoms with Gasteiger partial charge in [-0.15, -0.1) is 11.3 Å². The van der Waals surface area contributed by atoms with E-state index in [4.69, 9.17) is 11.6 Å². The van der Waals surface area contributed by atoms with Gasteiger partial charge in [0.25, 0.3) is 0 Å². The Hall–Kier alpha value is -3.09. The number of hydrogen-bond acceptors (Lipinski definition) is 5. The lowest BCUT2D eigenvalue weighted by molar-refractivity contribution is -0.120. The van der Waals surface area contributed by atoms with E-state index in [0.717, 1.165) is 33.9 Å². The van der Waals surface area contributed by atoms with Gasteiger partial charge in [-0.3, -0.25) is 9.59 Å². The van der Waals surface area contributed by atoms with Gasteiger partial charge in [0.1, 0.15) is 0 Å². The van der Waals surface area contributed by atoms with E-state index in [2.05, 4.69) is 24.5 Å². The van der Waals surface area contributed by atoms with E-state index in [1.54, 1.807) is 11.3 Å². The first kappa shape index (κ1) is 23.6. The number of allylic oxidation sites excluding steroid dienone is 1. The number of anilines is 2. The summed E-state index contributed by atoms with van der Waals surface area (Å²) in [5, 5.41) is 9.18. The van der Waals surface area contributed by atoms with Crippen LogP contribution in [-0.2, 0) is 16.1 Å². The van der Waals surface area contributed by atoms with Gasteiger partial charge in [-0.05, 0) is 47.0 Å². The van der Waals surface area contributed by atoms with Gasteiger partial charge in [0, 0.05) is 27.6 Å². The van der Waals surface area contributed by atoms with Crippen molar-refractivity contribution in [2.24, 2.45) is 5.41 Å². The summed E-state index contributed by atoms with van der Waals surface area (Å²) >= 11 is 8.33. The first-order valence-electron chi connectivity index (χ1n) is 11.7. The summed E-state index contributed by atoms with van der Waals surface area (Å²) in [6.07, 6.45) is 1.19. The monoisotopic (exact) mass is 505 g/mol. The third kappa shape index (κ3) is 4.86. The highest BCUT2D eigenvalue weighted by Crippen LogP contribution is 2.49. The van der Waals surface area contributed by atoms with Crippen LogP contribution in [0.25, 0.3) is 0 Å². The van der Waals surface area contributed by atoms with Crippen LogP contribution in [0.3, 0.4) is 0 Å². The van der Waals surface area contributed by atoms with Gasteiger partial charge in [0.15, 0.2) is 5.78 Å². The molecular formula is C28H28ClN3O2S. The summed E-state index contributed by atoms with van der Waals surface area (Å²) in [5.74, 6) is -0.0247. The van der Waals surface area contributed by atoms with E-state index in [-0.39, 0.29) is 23.7 Å². The molecule has 5 nitrogen and oxygen atoms in total. The minimum absolute atomic E-state index is 0.0884. The molecule has 0 spiro atoms.